The fourth-order valence-corrected chi connectivity index (χ4v) is 2.62. The smallest absolute Gasteiger partial charge is 0.133 e. The monoisotopic (exact) mass is 168 g/mol. The molecule has 2 rings (SSSR count). The van der Waals surface area contributed by atoms with Crippen molar-refractivity contribution in [2.75, 3.05) is 0 Å². The number of Topliss-reactive ketones (excluding diaryl/α,β-unsaturated/α-hetero) is 1. The van der Waals surface area contributed by atoms with Crippen molar-refractivity contribution in [2.24, 2.45) is 0 Å². The highest BCUT2D eigenvalue weighted by atomic mass is 16.5. The summed E-state index contributed by atoms with van der Waals surface area (Å²) >= 11 is 0. The third kappa shape index (κ3) is 1.28. The van der Waals surface area contributed by atoms with E-state index >= 15 is 0 Å². The van der Waals surface area contributed by atoms with Crippen molar-refractivity contribution < 1.29 is 9.53 Å². The summed E-state index contributed by atoms with van der Waals surface area (Å²) in [4.78, 5) is 11.0. The first-order chi connectivity index (χ1) is 5.52. The van der Waals surface area contributed by atoms with Crippen molar-refractivity contribution in [3.8, 4) is 0 Å². The zero-order chi connectivity index (χ0) is 8.82. The Balaban J connectivity index is 1.95. The van der Waals surface area contributed by atoms with Gasteiger partial charge in [0.1, 0.15) is 5.78 Å². The minimum absolute atomic E-state index is 0.0698. The standard InChI is InChI=1S/C10H16O2/c1-9(2)7-10(12-9)5-3-8(11)4-6-10/h3-7H2,1-2H3. The lowest BCUT2D eigenvalue weighted by Crippen LogP contribution is -2.57. The van der Waals surface area contributed by atoms with Gasteiger partial charge in [0.05, 0.1) is 11.2 Å². The van der Waals surface area contributed by atoms with E-state index in [0.29, 0.717) is 5.78 Å². The average molecular weight is 168 g/mol. The molecule has 0 bridgehead atoms. The molecule has 2 fully saturated rings. The van der Waals surface area contributed by atoms with Gasteiger partial charge in [-0.15, -0.1) is 0 Å². The van der Waals surface area contributed by atoms with E-state index in [1.807, 2.05) is 0 Å². The molecule has 1 aliphatic carbocycles. The highest BCUT2D eigenvalue weighted by Gasteiger charge is 2.51. The molecule has 68 valence electrons. The van der Waals surface area contributed by atoms with Crippen LogP contribution in [0.15, 0.2) is 0 Å². The van der Waals surface area contributed by atoms with E-state index in [1.165, 1.54) is 0 Å². The highest BCUT2D eigenvalue weighted by molar-refractivity contribution is 5.79. The van der Waals surface area contributed by atoms with Gasteiger partial charge in [0.2, 0.25) is 0 Å². The summed E-state index contributed by atoms with van der Waals surface area (Å²) in [6.45, 7) is 4.24. The van der Waals surface area contributed by atoms with E-state index in [-0.39, 0.29) is 11.2 Å². The summed E-state index contributed by atoms with van der Waals surface area (Å²) < 4.78 is 5.85. The summed E-state index contributed by atoms with van der Waals surface area (Å²) in [6.07, 6.45) is 4.50. The minimum Gasteiger partial charge on any atom is -0.369 e. The first-order valence-corrected chi connectivity index (χ1v) is 4.73. The van der Waals surface area contributed by atoms with Gasteiger partial charge in [-0.2, -0.15) is 0 Å². The van der Waals surface area contributed by atoms with Gasteiger partial charge in [-0.1, -0.05) is 0 Å². The van der Waals surface area contributed by atoms with Crippen LogP contribution < -0.4 is 0 Å². The van der Waals surface area contributed by atoms with E-state index in [0.717, 1.165) is 32.1 Å². The molecule has 1 heterocycles. The first-order valence-electron chi connectivity index (χ1n) is 4.73. The Bertz CT molecular complexity index is 198. The van der Waals surface area contributed by atoms with Gasteiger partial charge in [0, 0.05) is 19.3 Å². The number of carbonyl (C=O) groups is 1. The van der Waals surface area contributed by atoms with Crippen molar-refractivity contribution in [3.05, 3.63) is 0 Å². The number of rotatable bonds is 0. The van der Waals surface area contributed by atoms with Crippen LogP contribution in [0.25, 0.3) is 0 Å². The van der Waals surface area contributed by atoms with Gasteiger partial charge >= 0.3 is 0 Å². The van der Waals surface area contributed by atoms with Crippen LogP contribution in [0.4, 0.5) is 0 Å². The largest absolute Gasteiger partial charge is 0.369 e. The van der Waals surface area contributed by atoms with Crippen molar-refractivity contribution in [3.63, 3.8) is 0 Å². The Morgan fingerprint density at radius 3 is 2.17 bits per heavy atom. The molecule has 2 aliphatic rings. The fourth-order valence-electron chi connectivity index (χ4n) is 2.62. The number of hydrogen-bond donors (Lipinski definition) is 0. The summed E-state index contributed by atoms with van der Waals surface area (Å²) in [5.41, 5.74) is 0.164. The Morgan fingerprint density at radius 2 is 1.75 bits per heavy atom. The lowest BCUT2D eigenvalue weighted by molar-refractivity contribution is -0.265. The number of hydrogen-bond acceptors (Lipinski definition) is 2. The maximum absolute atomic E-state index is 11.0. The van der Waals surface area contributed by atoms with Crippen LogP contribution in [-0.2, 0) is 9.53 Å². The van der Waals surface area contributed by atoms with E-state index in [1.54, 1.807) is 0 Å². The van der Waals surface area contributed by atoms with Crippen molar-refractivity contribution >= 4 is 5.78 Å². The molecule has 0 aromatic carbocycles. The van der Waals surface area contributed by atoms with Crippen LogP contribution in [0, 0.1) is 0 Å². The Labute approximate surface area is 73.3 Å². The van der Waals surface area contributed by atoms with E-state index in [9.17, 15) is 4.79 Å². The molecule has 2 nitrogen and oxygen atoms in total. The Kier molecular flexibility index (Phi) is 1.59. The first kappa shape index (κ1) is 8.24. The van der Waals surface area contributed by atoms with Crippen LogP contribution in [0.5, 0.6) is 0 Å². The molecule has 0 atom stereocenters. The van der Waals surface area contributed by atoms with E-state index < -0.39 is 0 Å². The molecular formula is C10H16O2. The molecule has 1 saturated carbocycles. The second-order valence-electron chi connectivity index (χ2n) is 4.76. The van der Waals surface area contributed by atoms with Gasteiger partial charge in [-0.3, -0.25) is 4.79 Å². The zero-order valence-electron chi connectivity index (χ0n) is 7.85. The molecule has 12 heavy (non-hydrogen) atoms. The second-order valence-corrected chi connectivity index (χ2v) is 4.76. The molecule has 1 saturated heterocycles. The summed E-state index contributed by atoms with van der Waals surface area (Å²) in [7, 11) is 0. The zero-order valence-corrected chi connectivity index (χ0v) is 7.85. The Hall–Kier alpha value is -0.370. The Morgan fingerprint density at radius 1 is 1.25 bits per heavy atom. The predicted octanol–water partition coefficient (Wildman–Crippen LogP) is 2.07. The number of ketones is 1. The van der Waals surface area contributed by atoms with Crippen LogP contribution in [-0.4, -0.2) is 17.0 Å². The molecular weight excluding hydrogens is 152 g/mol. The lowest BCUT2D eigenvalue weighted by atomic mass is 9.72. The summed E-state index contributed by atoms with van der Waals surface area (Å²) in [5.74, 6) is 0.411. The SMILES string of the molecule is CC1(C)CC2(CCC(=O)CC2)O1. The van der Waals surface area contributed by atoms with Crippen molar-refractivity contribution in [1.82, 2.24) is 0 Å². The van der Waals surface area contributed by atoms with Crippen LogP contribution >= 0.6 is 0 Å². The quantitative estimate of drug-likeness (QED) is 0.553. The van der Waals surface area contributed by atoms with E-state index in [2.05, 4.69) is 13.8 Å². The van der Waals surface area contributed by atoms with Gasteiger partial charge in [-0.05, 0) is 26.7 Å². The average Bonchev–Trinajstić information content (AvgIpc) is 1.91. The third-order valence-corrected chi connectivity index (χ3v) is 2.96. The van der Waals surface area contributed by atoms with Gasteiger partial charge in [-0.25, -0.2) is 0 Å². The molecule has 0 N–H and O–H groups in total. The van der Waals surface area contributed by atoms with Crippen molar-refractivity contribution in [1.29, 1.82) is 0 Å². The molecule has 0 unspecified atom stereocenters. The summed E-state index contributed by atoms with van der Waals surface area (Å²) in [6, 6.07) is 0. The third-order valence-electron chi connectivity index (χ3n) is 2.96. The van der Waals surface area contributed by atoms with Gasteiger partial charge in [0.25, 0.3) is 0 Å². The van der Waals surface area contributed by atoms with E-state index in [4.69, 9.17) is 4.74 Å². The van der Waals surface area contributed by atoms with Crippen molar-refractivity contribution in [2.45, 2.75) is 57.2 Å². The maximum atomic E-state index is 11.0. The van der Waals surface area contributed by atoms with Gasteiger partial charge in [0.15, 0.2) is 0 Å². The number of carbonyl (C=O) groups excluding carboxylic acids is 1. The lowest BCUT2D eigenvalue weighted by Gasteiger charge is -2.55. The molecule has 0 amide bonds. The molecule has 0 aromatic rings. The summed E-state index contributed by atoms with van der Waals surface area (Å²) in [5, 5.41) is 0. The molecule has 1 spiro atoms. The fraction of sp³-hybridized carbons (Fsp3) is 0.900. The molecule has 1 aliphatic heterocycles. The van der Waals surface area contributed by atoms with Gasteiger partial charge < -0.3 is 4.74 Å². The van der Waals surface area contributed by atoms with Crippen LogP contribution in [0.3, 0.4) is 0 Å². The van der Waals surface area contributed by atoms with Crippen LogP contribution in [0.1, 0.15) is 46.0 Å². The molecule has 0 radical (unpaired) electrons. The normalized spacial score (nSPS) is 31.7. The second kappa shape index (κ2) is 2.32. The maximum Gasteiger partial charge on any atom is 0.133 e. The highest BCUT2D eigenvalue weighted by Crippen LogP contribution is 2.48. The molecule has 0 aromatic heterocycles. The number of ether oxygens (including phenoxy) is 1. The molecule has 2 heteroatoms. The topological polar surface area (TPSA) is 26.3 Å². The predicted molar refractivity (Wildman–Crippen MR) is 46.0 cm³/mol. The van der Waals surface area contributed by atoms with Crippen LogP contribution in [0.2, 0.25) is 0 Å². The minimum atomic E-state index is 0.0698.